The van der Waals surface area contributed by atoms with Crippen LogP contribution in [-0.2, 0) is 9.59 Å². The van der Waals surface area contributed by atoms with Crippen LogP contribution in [0.2, 0.25) is 0 Å². The fourth-order valence-electron chi connectivity index (χ4n) is 3.69. The van der Waals surface area contributed by atoms with Crippen molar-refractivity contribution in [3.8, 4) is 17.9 Å². The van der Waals surface area contributed by atoms with Gasteiger partial charge in [0.15, 0.2) is 0 Å². The van der Waals surface area contributed by atoms with E-state index in [0.29, 0.717) is 29.4 Å². The third-order valence-electron chi connectivity index (χ3n) is 6.23. The molecule has 0 spiro atoms. The molecule has 10 heteroatoms. The summed E-state index contributed by atoms with van der Waals surface area (Å²) in [5, 5.41) is 18.1. The second-order valence-corrected chi connectivity index (χ2v) is 9.45. The molecular weight excluding hydrogens is 480 g/mol. The minimum absolute atomic E-state index is 0.0380. The Kier molecular flexibility index (Phi) is 9.80. The second-order valence-electron chi connectivity index (χ2n) is 9.45. The molecule has 2 amide bonds. The lowest BCUT2D eigenvalue weighted by Gasteiger charge is -2.34. The summed E-state index contributed by atoms with van der Waals surface area (Å²) in [6.07, 6.45) is 6.44. The maximum Gasteiger partial charge on any atom is 0.246 e. The number of aromatic nitrogens is 2. The number of hydrogen-bond acceptors (Lipinski definition) is 8. The van der Waals surface area contributed by atoms with E-state index < -0.39 is 6.04 Å². The van der Waals surface area contributed by atoms with E-state index >= 15 is 0 Å². The van der Waals surface area contributed by atoms with Gasteiger partial charge in [0.2, 0.25) is 17.8 Å². The molecule has 3 N–H and O–H groups in total. The Hall–Kier alpha value is -4.41. The minimum Gasteiger partial charge on any atom is -0.372 e. The Bertz CT molecular complexity index is 1260. The lowest BCUT2D eigenvalue weighted by atomic mass is 9.80. The summed E-state index contributed by atoms with van der Waals surface area (Å²) in [4.78, 5) is 37.1. The van der Waals surface area contributed by atoms with Gasteiger partial charge in [-0.2, -0.15) is 10.2 Å². The van der Waals surface area contributed by atoms with Gasteiger partial charge in [-0.25, -0.2) is 4.98 Å². The molecule has 1 aliphatic carbocycles. The number of nitriles is 1. The first-order valence-corrected chi connectivity index (χ1v) is 12.4. The molecule has 1 aromatic carbocycles. The van der Waals surface area contributed by atoms with Crippen molar-refractivity contribution in [3.63, 3.8) is 0 Å². The Balaban J connectivity index is 1.50. The van der Waals surface area contributed by atoms with Crippen LogP contribution in [-0.4, -0.2) is 78.4 Å². The lowest BCUT2D eigenvalue weighted by molar-refractivity contribution is -0.135. The van der Waals surface area contributed by atoms with E-state index in [4.69, 9.17) is 5.26 Å². The number of likely N-dealkylation sites (N-methyl/N-ethyl adjacent to an activating group) is 2. The summed E-state index contributed by atoms with van der Waals surface area (Å²) in [5.41, 5.74) is 2.04. The molecule has 1 aliphatic rings. The molecule has 1 aromatic heterocycles. The average Bonchev–Trinajstić information content (AvgIpc) is 2.89. The molecular formula is C28H34N8O2. The van der Waals surface area contributed by atoms with E-state index in [1.54, 1.807) is 57.6 Å². The SMILES string of the molecule is CNc1nc(Nc2ccc(C#N)cc2)ncc1C#CC1CC(NC(=O)C(C)N(C)C(=O)C=CCN(C)C)C1. The van der Waals surface area contributed by atoms with Gasteiger partial charge in [0.05, 0.1) is 23.4 Å². The van der Waals surface area contributed by atoms with Crippen molar-refractivity contribution in [1.29, 1.82) is 5.26 Å². The monoisotopic (exact) mass is 514 g/mol. The first-order chi connectivity index (χ1) is 18.2. The number of anilines is 3. The molecule has 10 nitrogen and oxygen atoms in total. The van der Waals surface area contributed by atoms with Crippen LogP contribution < -0.4 is 16.0 Å². The van der Waals surface area contributed by atoms with Gasteiger partial charge in [-0.3, -0.25) is 9.59 Å². The van der Waals surface area contributed by atoms with E-state index in [-0.39, 0.29) is 23.8 Å². The molecule has 0 saturated heterocycles. The summed E-state index contributed by atoms with van der Waals surface area (Å²) >= 11 is 0. The molecule has 3 rings (SSSR count). The van der Waals surface area contributed by atoms with Crippen molar-refractivity contribution in [3.05, 3.63) is 53.7 Å². The van der Waals surface area contributed by atoms with Gasteiger partial charge >= 0.3 is 0 Å². The number of nitrogens with zero attached hydrogens (tertiary/aromatic N) is 5. The molecule has 38 heavy (non-hydrogen) atoms. The van der Waals surface area contributed by atoms with Gasteiger partial charge in [-0.05, 0) is 58.1 Å². The largest absolute Gasteiger partial charge is 0.372 e. The third kappa shape index (κ3) is 7.79. The number of nitrogens with one attached hydrogen (secondary N) is 3. The maximum absolute atomic E-state index is 12.6. The molecule has 1 fully saturated rings. The van der Waals surface area contributed by atoms with Gasteiger partial charge < -0.3 is 25.8 Å². The average molecular weight is 515 g/mol. The summed E-state index contributed by atoms with van der Waals surface area (Å²) < 4.78 is 0. The van der Waals surface area contributed by atoms with Crippen LogP contribution in [0.15, 0.2) is 42.6 Å². The van der Waals surface area contributed by atoms with Crippen molar-refractivity contribution >= 4 is 29.3 Å². The van der Waals surface area contributed by atoms with Gasteiger partial charge in [-0.15, -0.1) is 0 Å². The zero-order valence-electron chi connectivity index (χ0n) is 22.4. The third-order valence-corrected chi connectivity index (χ3v) is 6.23. The molecule has 1 heterocycles. The van der Waals surface area contributed by atoms with Crippen LogP contribution in [0.25, 0.3) is 0 Å². The van der Waals surface area contributed by atoms with Crippen LogP contribution in [0.3, 0.4) is 0 Å². The number of amides is 2. The summed E-state index contributed by atoms with van der Waals surface area (Å²) in [6.45, 7) is 2.38. The zero-order chi connectivity index (χ0) is 27.7. The van der Waals surface area contributed by atoms with Gasteiger partial charge in [-0.1, -0.05) is 17.9 Å². The predicted octanol–water partition coefficient (Wildman–Crippen LogP) is 2.34. The fourth-order valence-corrected chi connectivity index (χ4v) is 3.69. The highest BCUT2D eigenvalue weighted by atomic mass is 16.2. The van der Waals surface area contributed by atoms with Crippen LogP contribution >= 0.6 is 0 Å². The van der Waals surface area contributed by atoms with E-state index in [9.17, 15) is 9.59 Å². The van der Waals surface area contributed by atoms with Gasteiger partial charge in [0.25, 0.3) is 0 Å². The molecule has 1 atom stereocenters. The topological polar surface area (TPSA) is 126 Å². The maximum atomic E-state index is 12.6. The molecule has 1 saturated carbocycles. The Morgan fingerprint density at radius 3 is 2.55 bits per heavy atom. The van der Waals surface area contributed by atoms with Crippen LogP contribution in [0.4, 0.5) is 17.5 Å². The van der Waals surface area contributed by atoms with Crippen LogP contribution in [0, 0.1) is 29.1 Å². The van der Waals surface area contributed by atoms with Gasteiger partial charge in [0, 0.05) is 44.4 Å². The first kappa shape index (κ1) is 28.2. The quantitative estimate of drug-likeness (QED) is 0.344. The lowest BCUT2D eigenvalue weighted by Crippen LogP contribution is -2.51. The Morgan fingerprint density at radius 2 is 1.92 bits per heavy atom. The molecule has 0 bridgehead atoms. The smallest absolute Gasteiger partial charge is 0.246 e. The van der Waals surface area contributed by atoms with Crippen LogP contribution in [0.1, 0.15) is 30.9 Å². The Morgan fingerprint density at radius 1 is 1.21 bits per heavy atom. The summed E-state index contributed by atoms with van der Waals surface area (Å²) in [7, 11) is 7.25. The summed E-state index contributed by atoms with van der Waals surface area (Å²) in [6, 6.07) is 8.59. The molecule has 0 radical (unpaired) electrons. The van der Waals surface area contributed by atoms with E-state index in [0.717, 1.165) is 18.5 Å². The first-order valence-electron chi connectivity index (χ1n) is 12.4. The molecule has 2 aromatic rings. The number of hydrogen-bond donors (Lipinski definition) is 3. The fraction of sp³-hybridized carbons (Fsp3) is 0.393. The van der Waals surface area contributed by atoms with Crippen molar-refractivity contribution in [1.82, 2.24) is 25.1 Å². The highest BCUT2D eigenvalue weighted by Crippen LogP contribution is 2.27. The second kappa shape index (κ2) is 13.2. The van der Waals surface area contributed by atoms with E-state index in [1.165, 1.54) is 11.0 Å². The van der Waals surface area contributed by atoms with E-state index in [1.807, 2.05) is 19.0 Å². The minimum atomic E-state index is -0.566. The van der Waals surface area contributed by atoms with E-state index in [2.05, 4.69) is 43.8 Å². The standard InChI is InChI=1S/C28H34N8O2/c1-19(36(5)25(37)7-6-14-35(3)4)27(38)32-24-15-21(16-24)8-11-22-18-31-28(34-26(22)30-2)33-23-12-9-20(17-29)10-13-23/h6-7,9-10,12-13,18-19,21,24H,14-16H2,1-5H3,(H,32,38)(H2,30,31,33,34). The predicted molar refractivity (Wildman–Crippen MR) is 147 cm³/mol. The number of benzene rings is 1. The number of carbonyl (C=O) groups excluding carboxylic acids is 2. The molecule has 0 aliphatic heterocycles. The number of carbonyl (C=O) groups is 2. The molecule has 198 valence electrons. The van der Waals surface area contributed by atoms with Crippen molar-refractivity contribution in [2.75, 3.05) is 45.4 Å². The zero-order valence-corrected chi connectivity index (χ0v) is 22.4. The van der Waals surface area contributed by atoms with Crippen LogP contribution in [0.5, 0.6) is 0 Å². The Labute approximate surface area is 224 Å². The normalized spacial score (nSPS) is 17.0. The molecule has 1 unspecified atom stereocenters. The summed E-state index contributed by atoms with van der Waals surface area (Å²) in [5.74, 6) is 7.21. The van der Waals surface area contributed by atoms with Gasteiger partial charge in [0.1, 0.15) is 11.9 Å². The van der Waals surface area contributed by atoms with Crippen molar-refractivity contribution < 1.29 is 9.59 Å². The van der Waals surface area contributed by atoms with Crippen molar-refractivity contribution in [2.24, 2.45) is 5.92 Å². The highest BCUT2D eigenvalue weighted by Gasteiger charge is 2.31. The highest BCUT2D eigenvalue weighted by molar-refractivity contribution is 5.92. The van der Waals surface area contributed by atoms with Crippen molar-refractivity contribution in [2.45, 2.75) is 31.8 Å². The number of rotatable bonds is 9.